The van der Waals surface area contributed by atoms with Gasteiger partial charge in [0.25, 0.3) is 0 Å². The van der Waals surface area contributed by atoms with Crippen LogP contribution in [-0.4, -0.2) is 29.1 Å². The minimum Gasteiger partial charge on any atom is -0.383 e. The Kier molecular flexibility index (Phi) is 3.76. The average molecular weight is 326 g/mol. The summed E-state index contributed by atoms with van der Waals surface area (Å²) in [5.41, 5.74) is 7.75. The third-order valence-electron chi connectivity index (χ3n) is 3.41. The summed E-state index contributed by atoms with van der Waals surface area (Å²) in [6, 6.07) is 6.58. The Morgan fingerprint density at radius 3 is 2.87 bits per heavy atom. The van der Waals surface area contributed by atoms with Gasteiger partial charge in [-0.15, -0.1) is 0 Å². The Hall–Kier alpha value is -2.85. The number of hydrogen-bond acceptors (Lipinski definition) is 5. The molecular weight excluding hydrogens is 312 g/mol. The highest BCUT2D eigenvalue weighted by atomic mass is 32.2. The molecule has 0 saturated heterocycles. The highest BCUT2D eigenvalue weighted by molar-refractivity contribution is 7.91. The smallest absolute Gasteiger partial charge is 0.178 e. The number of nitrogens with two attached hydrogens (primary N) is 1. The summed E-state index contributed by atoms with van der Waals surface area (Å²) in [5, 5.41) is 0.664. The van der Waals surface area contributed by atoms with Crippen molar-refractivity contribution in [3.8, 4) is 11.8 Å². The molecule has 2 heterocycles. The molecule has 0 saturated carbocycles. The van der Waals surface area contributed by atoms with E-state index in [1.807, 2.05) is 0 Å². The molecule has 0 atom stereocenters. The lowest BCUT2D eigenvalue weighted by molar-refractivity contribution is 0.597. The van der Waals surface area contributed by atoms with Crippen LogP contribution in [0.1, 0.15) is 18.1 Å². The molecule has 0 radical (unpaired) electrons. The van der Waals surface area contributed by atoms with Gasteiger partial charge in [-0.3, -0.25) is 0 Å². The van der Waals surface area contributed by atoms with E-state index < -0.39 is 9.84 Å². The Morgan fingerprint density at radius 1 is 1.26 bits per heavy atom. The van der Waals surface area contributed by atoms with Crippen molar-refractivity contribution in [2.45, 2.75) is 11.8 Å². The van der Waals surface area contributed by atoms with Gasteiger partial charge >= 0.3 is 0 Å². The van der Waals surface area contributed by atoms with E-state index in [1.54, 1.807) is 37.4 Å². The number of rotatable bonds is 2. The fourth-order valence-corrected chi connectivity index (χ4v) is 3.08. The van der Waals surface area contributed by atoms with Crippen LogP contribution < -0.4 is 5.73 Å². The Balaban J connectivity index is 2.03. The number of fused-ring (bicyclic) bond motifs is 1. The summed E-state index contributed by atoms with van der Waals surface area (Å²) in [5.74, 6) is 6.35. The topological polar surface area (TPSA) is 102 Å². The number of hydrogen-bond donors (Lipinski definition) is 2. The molecule has 3 N–H and O–H groups in total. The van der Waals surface area contributed by atoms with Gasteiger partial charge in [0, 0.05) is 11.8 Å². The lowest BCUT2D eigenvalue weighted by Gasteiger charge is -2.01. The minimum atomic E-state index is -3.25. The number of benzene rings is 1. The SMILES string of the molecule is CCS(=O)(=O)c1cccc(C#Cc2c[nH]c3ncnc(N)c23)c1. The highest BCUT2D eigenvalue weighted by Crippen LogP contribution is 2.20. The standard InChI is InChI=1S/C16H14N4O2S/c1-2-23(21,22)13-5-3-4-11(8-13)6-7-12-9-18-16-14(12)15(17)19-10-20-16/h3-5,8-10H,2H2,1H3,(H3,17,18,19,20). The zero-order chi connectivity index (χ0) is 16.4. The van der Waals surface area contributed by atoms with Crippen LogP contribution in [0.5, 0.6) is 0 Å². The van der Waals surface area contributed by atoms with Crippen molar-refractivity contribution in [2.24, 2.45) is 0 Å². The summed E-state index contributed by atoms with van der Waals surface area (Å²) in [6.07, 6.45) is 3.08. The second kappa shape index (κ2) is 5.74. The molecule has 0 spiro atoms. The van der Waals surface area contributed by atoms with E-state index in [9.17, 15) is 8.42 Å². The second-order valence-corrected chi connectivity index (χ2v) is 7.14. The van der Waals surface area contributed by atoms with Crippen LogP contribution in [-0.2, 0) is 9.84 Å². The first-order chi connectivity index (χ1) is 11.0. The number of nitrogens with zero attached hydrogens (tertiary/aromatic N) is 2. The van der Waals surface area contributed by atoms with Gasteiger partial charge in [0.15, 0.2) is 9.84 Å². The first-order valence-electron chi connectivity index (χ1n) is 6.93. The Bertz CT molecular complexity index is 1040. The zero-order valence-corrected chi connectivity index (χ0v) is 13.2. The van der Waals surface area contributed by atoms with Crippen molar-refractivity contribution < 1.29 is 8.42 Å². The fraction of sp³-hybridized carbons (Fsp3) is 0.125. The molecule has 3 rings (SSSR count). The van der Waals surface area contributed by atoms with E-state index in [0.29, 0.717) is 28.0 Å². The number of nitrogen functional groups attached to an aromatic ring is 1. The molecule has 0 amide bonds. The summed E-state index contributed by atoms with van der Waals surface area (Å²) in [7, 11) is -3.25. The van der Waals surface area contributed by atoms with E-state index in [-0.39, 0.29) is 10.6 Å². The molecule has 3 aromatic rings. The van der Waals surface area contributed by atoms with Gasteiger partial charge in [0.2, 0.25) is 0 Å². The normalized spacial score (nSPS) is 11.2. The minimum absolute atomic E-state index is 0.0558. The van der Waals surface area contributed by atoms with Crippen molar-refractivity contribution in [3.63, 3.8) is 0 Å². The van der Waals surface area contributed by atoms with Crippen LogP contribution >= 0.6 is 0 Å². The molecule has 0 unspecified atom stereocenters. The third kappa shape index (κ3) is 2.89. The number of H-pyrrole nitrogens is 1. The van der Waals surface area contributed by atoms with Gasteiger partial charge in [0.05, 0.1) is 21.6 Å². The number of nitrogens with one attached hydrogen (secondary N) is 1. The van der Waals surface area contributed by atoms with Crippen molar-refractivity contribution >= 4 is 26.7 Å². The number of aromatic amines is 1. The van der Waals surface area contributed by atoms with E-state index in [4.69, 9.17) is 5.73 Å². The van der Waals surface area contributed by atoms with Gasteiger partial charge in [-0.05, 0) is 18.2 Å². The number of sulfone groups is 1. The van der Waals surface area contributed by atoms with Crippen LogP contribution in [0, 0.1) is 11.8 Å². The molecule has 0 aliphatic carbocycles. The van der Waals surface area contributed by atoms with Crippen LogP contribution in [0.3, 0.4) is 0 Å². The van der Waals surface area contributed by atoms with E-state index in [2.05, 4.69) is 26.8 Å². The average Bonchev–Trinajstić information content (AvgIpc) is 2.98. The van der Waals surface area contributed by atoms with Crippen molar-refractivity contribution in [1.29, 1.82) is 0 Å². The van der Waals surface area contributed by atoms with Crippen LogP contribution in [0.15, 0.2) is 41.7 Å². The van der Waals surface area contributed by atoms with Gasteiger partial charge < -0.3 is 10.7 Å². The highest BCUT2D eigenvalue weighted by Gasteiger charge is 2.11. The van der Waals surface area contributed by atoms with E-state index >= 15 is 0 Å². The van der Waals surface area contributed by atoms with Crippen LogP contribution in [0.4, 0.5) is 5.82 Å². The number of anilines is 1. The van der Waals surface area contributed by atoms with Crippen molar-refractivity contribution in [2.75, 3.05) is 11.5 Å². The Morgan fingerprint density at radius 2 is 2.09 bits per heavy atom. The van der Waals surface area contributed by atoms with Crippen LogP contribution in [0.25, 0.3) is 11.0 Å². The molecular formula is C16H14N4O2S. The molecule has 0 fully saturated rings. The molecule has 0 aliphatic heterocycles. The molecule has 23 heavy (non-hydrogen) atoms. The molecule has 0 bridgehead atoms. The second-order valence-electron chi connectivity index (χ2n) is 4.87. The molecule has 116 valence electrons. The van der Waals surface area contributed by atoms with Crippen molar-refractivity contribution in [3.05, 3.63) is 47.9 Å². The van der Waals surface area contributed by atoms with Gasteiger partial charge in [0.1, 0.15) is 17.8 Å². The predicted octanol–water partition coefficient (Wildman–Crippen LogP) is 1.73. The first-order valence-corrected chi connectivity index (χ1v) is 8.59. The van der Waals surface area contributed by atoms with Gasteiger partial charge in [-0.1, -0.05) is 24.8 Å². The molecule has 7 heteroatoms. The summed E-state index contributed by atoms with van der Waals surface area (Å²) in [6.45, 7) is 1.61. The van der Waals surface area contributed by atoms with Crippen LogP contribution in [0.2, 0.25) is 0 Å². The molecule has 2 aromatic heterocycles. The number of aromatic nitrogens is 3. The summed E-state index contributed by atoms with van der Waals surface area (Å²) in [4.78, 5) is 11.3. The lowest BCUT2D eigenvalue weighted by Crippen LogP contribution is -2.03. The van der Waals surface area contributed by atoms with Crippen molar-refractivity contribution in [1.82, 2.24) is 15.0 Å². The van der Waals surface area contributed by atoms with E-state index in [1.165, 1.54) is 6.33 Å². The van der Waals surface area contributed by atoms with E-state index in [0.717, 1.165) is 0 Å². The monoisotopic (exact) mass is 326 g/mol. The third-order valence-corrected chi connectivity index (χ3v) is 5.15. The summed E-state index contributed by atoms with van der Waals surface area (Å²) < 4.78 is 23.8. The summed E-state index contributed by atoms with van der Waals surface area (Å²) >= 11 is 0. The molecule has 0 aliphatic rings. The predicted molar refractivity (Wildman–Crippen MR) is 88.4 cm³/mol. The zero-order valence-electron chi connectivity index (χ0n) is 12.4. The van der Waals surface area contributed by atoms with Gasteiger partial charge in [-0.25, -0.2) is 18.4 Å². The Labute approximate surface area is 133 Å². The molecule has 6 nitrogen and oxygen atoms in total. The quantitative estimate of drug-likeness (QED) is 0.698. The van der Waals surface area contributed by atoms with Gasteiger partial charge in [-0.2, -0.15) is 0 Å². The maximum Gasteiger partial charge on any atom is 0.178 e. The molecule has 1 aromatic carbocycles. The lowest BCUT2D eigenvalue weighted by atomic mass is 10.2. The largest absolute Gasteiger partial charge is 0.383 e. The first kappa shape index (κ1) is 15.1. The maximum absolute atomic E-state index is 11.9. The fourth-order valence-electron chi connectivity index (χ4n) is 2.16. The maximum atomic E-state index is 11.9.